The maximum Gasteiger partial charge on any atom is 0.211 e. The molecule has 2 bridgehead atoms. The number of anilines is 1. The molecule has 5 rings (SSSR count). The summed E-state index contributed by atoms with van der Waals surface area (Å²) in [6.45, 7) is 8.26. The predicted molar refractivity (Wildman–Crippen MR) is 86.5 cm³/mol. The third kappa shape index (κ3) is 2.24. The van der Waals surface area contributed by atoms with Crippen LogP contribution in [0.1, 0.15) is 25.3 Å². The number of piperidine rings is 3. The van der Waals surface area contributed by atoms with Gasteiger partial charge in [-0.05, 0) is 57.3 Å². The molecule has 0 spiro atoms. The molecular weight excluding hydrogens is 278 g/mol. The molecule has 3 aliphatic heterocycles. The predicted octanol–water partition coefficient (Wildman–Crippen LogP) is 3.04. The minimum Gasteiger partial charge on any atom is -0.490 e. The molecule has 3 saturated heterocycles. The van der Waals surface area contributed by atoms with E-state index in [1.807, 2.05) is 13.8 Å². The molecule has 0 amide bonds. The Hall–Kier alpha value is -1.75. The van der Waals surface area contributed by atoms with E-state index in [9.17, 15) is 0 Å². The van der Waals surface area contributed by atoms with Gasteiger partial charge in [0.2, 0.25) is 5.58 Å². The van der Waals surface area contributed by atoms with Gasteiger partial charge in [0.25, 0.3) is 0 Å². The SMILES string of the molecule is CCOc1c(C)ccc2c(N[C@@H]3CN4CCC3CC4)noc12. The third-order valence-electron chi connectivity index (χ3n) is 5.06. The molecule has 0 saturated carbocycles. The molecule has 5 heteroatoms. The van der Waals surface area contributed by atoms with E-state index in [0.717, 1.165) is 40.6 Å². The van der Waals surface area contributed by atoms with Crippen molar-refractivity contribution in [2.45, 2.75) is 32.7 Å². The van der Waals surface area contributed by atoms with Crippen LogP contribution < -0.4 is 10.1 Å². The molecule has 0 unspecified atom stereocenters. The molecule has 0 radical (unpaired) electrons. The summed E-state index contributed by atoms with van der Waals surface area (Å²) in [7, 11) is 0. The van der Waals surface area contributed by atoms with Crippen molar-refractivity contribution in [2.75, 3.05) is 31.6 Å². The summed E-state index contributed by atoms with van der Waals surface area (Å²) in [5, 5.41) is 8.91. The van der Waals surface area contributed by atoms with Crippen molar-refractivity contribution < 1.29 is 9.26 Å². The summed E-state index contributed by atoms with van der Waals surface area (Å²) in [6.07, 6.45) is 2.58. The highest BCUT2D eigenvalue weighted by molar-refractivity contribution is 5.93. The lowest BCUT2D eigenvalue weighted by atomic mass is 9.84. The topological polar surface area (TPSA) is 50.5 Å². The monoisotopic (exact) mass is 301 g/mol. The van der Waals surface area contributed by atoms with Crippen molar-refractivity contribution in [1.29, 1.82) is 0 Å². The number of aryl methyl sites for hydroxylation is 1. The average Bonchev–Trinajstić information content (AvgIpc) is 2.95. The van der Waals surface area contributed by atoms with Gasteiger partial charge < -0.3 is 19.5 Å². The molecule has 2 aromatic rings. The first-order valence-electron chi connectivity index (χ1n) is 8.27. The molecular formula is C17H23N3O2. The summed E-state index contributed by atoms with van der Waals surface area (Å²) < 4.78 is 11.3. The van der Waals surface area contributed by atoms with Crippen LogP contribution in [0.15, 0.2) is 16.7 Å². The van der Waals surface area contributed by atoms with Crippen molar-refractivity contribution in [2.24, 2.45) is 5.92 Å². The van der Waals surface area contributed by atoms with Crippen LogP contribution in [0.3, 0.4) is 0 Å². The van der Waals surface area contributed by atoms with E-state index >= 15 is 0 Å². The maximum absolute atomic E-state index is 5.73. The van der Waals surface area contributed by atoms with Gasteiger partial charge in [-0.3, -0.25) is 0 Å². The van der Waals surface area contributed by atoms with Crippen molar-refractivity contribution in [3.8, 4) is 5.75 Å². The average molecular weight is 301 g/mol. The van der Waals surface area contributed by atoms with Gasteiger partial charge in [0.15, 0.2) is 11.6 Å². The number of hydrogen-bond donors (Lipinski definition) is 1. The van der Waals surface area contributed by atoms with E-state index in [2.05, 4.69) is 27.5 Å². The zero-order valence-corrected chi connectivity index (χ0v) is 13.3. The molecule has 22 heavy (non-hydrogen) atoms. The van der Waals surface area contributed by atoms with Crippen LogP contribution >= 0.6 is 0 Å². The quantitative estimate of drug-likeness (QED) is 0.940. The van der Waals surface area contributed by atoms with Crippen LogP contribution in [0.25, 0.3) is 11.0 Å². The van der Waals surface area contributed by atoms with Crippen LogP contribution in [0.5, 0.6) is 5.75 Å². The van der Waals surface area contributed by atoms with Crippen LogP contribution in [0.2, 0.25) is 0 Å². The fraction of sp³-hybridized carbons (Fsp3) is 0.588. The number of rotatable bonds is 4. The Balaban J connectivity index is 1.64. The van der Waals surface area contributed by atoms with Crippen molar-refractivity contribution in [3.05, 3.63) is 17.7 Å². The standard InChI is InChI=1S/C17H23N3O2/c1-3-21-15-11(2)4-5-13-16(15)22-19-17(13)18-14-10-20-8-6-12(14)7-9-20/h4-5,12,14H,3,6-10H2,1-2H3,(H,18,19)/t14-/m1/s1. The summed E-state index contributed by atoms with van der Waals surface area (Å²) in [6, 6.07) is 4.63. The fourth-order valence-corrected chi connectivity index (χ4v) is 3.81. The molecule has 1 aromatic carbocycles. The van der Waals surface area contributed by atoms with E-state index in [0.29, 0.717) is 12.6 Å². The maximum atomic E-state index is 5.73. The van der Waals surface area contributed by atoms with Gasteiger partial charge in [-0.25, -0.2) is 0 Å². The zero-order chi connectivity index (χ0) is 15.1. The van der Waals surface area contributed by atoms with Crippen LogP contribution in [-0.4, -0.2) is 42.3 Å². The number of ether oxygens (including phenoxy) is 1. The molecule has 5 nitrogen and oxygen atoms in total. The van der Waals surface area contributed by atoms with Crippen LogP contribution in [0.4, 0.5) is 5.82 Å². The second-order valence-electron chi connectivity index (χ2n) is 6.44. The highest BCUT2D eigenvalue weighted by atomic mass is 16.5. The highest BCUT2D eigenvalue weighted by Crippen LogP contribution is 2.36. The molecule has 1 N–H and O–H groups in total. The Morgan fingerprint density at radius 3 is 2.86 bits per heavy atom. The summed E-state index contributed by atoms with van der Waals surface area (Å²) in [5.41, 5.74) is 1.84. The normalized spacial score (nSPS) is 27.3. The Morgan fingerprint density at radius 1 is 1.36 bits per heavy atom. The first-order chi connectivity index (χ1) is 10.8. The molecule has 3 fully saturated rings. The largest absolute Gasteiger partial charge is 0.490 e. The second kappa shape index (κ2) is 5.47. The summed E-state index contributed by atoms with van der Waals surface area (Å²) in [5.74, 6) is 2.43. The van der Waals surface area contributed by atoms with E-state index in [-0.39, 0.29) is 0 Å². The zero-order valence-electron chi connectivity index (χ0n) is 13.3. The molecule has 3 aliphatic rings. The smallest absolute Gasteiger partial charge is 0.211 e. The molecule has 1 atom stereocenters. The van der Waals surface area contributed by atoms with Crippen molar-refractivity contribution in [1.82, 2.24) is 10.1 Å². The summed E-state index contributed by atoms with van der Waals surface area (Å²) in [4.78, 5) is 2.54. The van der Waals surface area contributed by atoms with Gasteiger partial charge >= 0.3 is 0 Å². The Morgan fingerprint density at radius 2 is 2.18 bits per heavy atom. The lowest BCUT2D eigenvalue weighted by molar-refractivity contribution is 0.0973. The molecule has 0 aliphatic carbocycles. The van der Waals surface area contributed by atoms with Crippen LogP contribution in [-0.2, 0) is 0 Å². The Bertz CT molecular complexity index is 674. The summed E-state index contributed by atoms with van der Waals surface area (Å²) >= 11 is 0. The minimum atomic E-state index is 0.479. The minimum absolute atomic E-state index is 0.479. The number of hydrogen-bond acceptors (Lipinski definition) is 5. The molecule has 118 valence electrons. The van der Waals surface area contributed by atoms with Gasteiger partial charge in [0.1, 0.15) is 0 Å². The van der Waals surface area contributed by atoms with E-state index in [4.69, 9.17) is 9.26 Å². The Kier molecular flexibility index (Phi) is 3.45. The Labute approximate surface area is 130 Å². The lowest BCUT2D eigenvalue weighted by Gasteiger charge is -2.44. The molecule has 4 heterocycles. The highest BCUT2D eigenvalue weighted by Gasteiger charge is 2.34. The first-order valence-corrected chi connectivity index (χ1v) is 8.27. The van der Waals surface area contributed by atoms with E-state index < -0.39 is 0 Å². The van der Waals surface area contributed by atoms with Gasteiger partial charge in [-0.15, -0.1) is 0 Å². The first kappa shape index (κ1) is 13.9. The number of aromatic nitrogens is 1. The molecule has 1 aromatic heterocycles. The van der Waals surface area contributed by atoms with Crippen molar-refractivity contribution in [3.63, 3.8) is 0 Å². The van der Waals surface area contributed by atoms with Crippen molar-refractivity contribution >= 4 is 16.8 Å². The number of nitrogens with one attached hydrogen (secondary N) is 1. The van der Waals surface area contributed by atoms with E-state index in [1.54, 1.807) is 0 Å². The lowest BCUT2D eigenvalue weighted by Crippen LogP contribution is -2.53. The number of fused-ring (bicyclic) bond motifs is 4. The number of nitrogens with zero attached hydrogens (tertiary/aromatic N) is 2. The fourth-order valence-electron chi connectivity index (χ4n) is 3.81. The van der Waals surface area contributed by atoms with Gasteiger partial charge in [-0.2, -0.15) is 0 Å². The second-order valence-corrected chi connectivity index (χ2v) is 6.44. The number of benzene rings is 1. The van der Waals surface area contributed by atoms with Crippen LogP contribution in [0, 0.1) is 12.8 Å². The third-order valence-corrected chi connectivity index (χ3v) is 5.06. The van der Waals surface area contributed by atoms with E-state index in [1.165, 1.54) is 25.9 Å². The van der Waals surface area contributed by atoms with Gasteiger partial charge in [0, 0.05) is 12.6 Å². The van der Waals surface area contributed by atoms with Gasteiger partial charge in [-0.1, -0.05) is 11.2 Å². The van der Waals surface area contributed by atoms with Gasteiger partial charge in [0.05, 0.1) is 12.0 Å².